The Labute approximate surface area is 129 Å². The third-order valence-corrected chi connectivity index (χ3v) is 5.43. The molecule has 0 bridgehead atoms. The van der Waals surface area contributed by atoms with Crippen molar-refractivity contribution in [3.05, 3.63) is 41.7 Å². The molecule has 1 heterocycles. The first-order valence-electron chi connectivity index (χ1n) is 6.99. The number of hydrogen-bond acceptors (Lipinski definition) is 5. The first kappa shape index (κ1) is 15.5. The highest BCUT2D eigenvalue weighted by Gasteiger charge is 2.23. The lowest BCUT2D eigenvalue weighted by atomic mass is 10.0. The highest BCUT2D eigenvalue weighted by molar-refractivity contribution is 8.01. The van der Waals surface area contributed by atoms with Gasteiger partial charge in [0.1, 0.15) is 5.82 Å². The minimum Gasteiger partial charge on any atom is -0.309 e. The molecule has 2 aromatic rings. The number of benzene rings is 1. The fourth-order valence-electron chi connectivity index (χ4n) is 2.19. The molecule has 0 fully saturated rings. The Morgan fingerprint density at radius 3 is 2.55 bits per heavy atom. The second kappa shape index (κ2) is 7.76. The average Bonchev–Trinajstić information content (AvgIpc) is 2.89. The van der Waals surface area contributed by atoms with E-state index in [9.17, 15) is 0 Å². The van der Waals surface area contributed by atoms with E-state index in [-0.39, 0.29) is 0 Å². The van der Waals surface area contributed by atoms with Crippen LogP contribution in [0.4, 0.5) is 0 Å². The van der Waals surface area contributed by atoms with E-state index in [2.05, 4.69) is 58.9 Å². The fourth-order valence-corrected chi connectivity index (χ4v) is 4.27. The van der Waals surface area contributed by atoms with Crippen molar-refractivity contribution in [2.75, 3.05) is 6.54 Å². The van der Waals surface area contributed by atoms with Crippen molar-refractivity contribution < 1.29 is 0 Å². The predicted octanol–water partition coefficient (Wildman–Crippen LogP) is 4.07. The Hall–Kier alpha value is -0.910. The Balaban J connectivity index is 2.17. The molecule has 1 aromatic carbocycles. The van der Waals surface area contributed by atoms with E-state index in [0.717, 1.165) is 23.1 Å². The zero-order valence-corrected chi connectivity index (χ0v) is 13.8. The molecule has 0 saturated heterocycles. The molecule has 3 nitrogen and oxygen atoms in total. The molecule has 2 unspecified atom stereocenters. The third-order valence-electron chi connectivity index (χ3n) is 3.12. The molecular formula is C15H21N3S2. The minimum atomic E-state index is 0.348. The third kappa shape index (κ3) is 4.04. The molecule has 0 aliphatic carbocycles. The summed E-state index contributed by atoms with van der Waals surface area (Å²) in [5.41, 5.74) is 1.34. The summed E-state index contributed by atoms with van der Waals surface area (Å²) in [5, 5.41) is 4.08. The van der Waals surface area contributed by atoms with Crippen LogP contribution in [0.2, 0.25) is 0 Å². The van der Waals surface area contributed by atoms with Gasteiger partial charge in [-0.1, -0.05) is 55.9 Å². The SMILES string of the molecule is CCNC(c1ccccc1)C(CC)Sc1nc(C)ns1. The van der Waals surface area contributed by atoms with Crippen LogP contribution in [0.3, 0.4) is 0 Å². The van der Waals surface area contributed by atoms with Crippen LogP contribution < -0.4 is 5.32 Å². The number of rotatable bonds is 7. The number of thioether (sulfide) groups is 1. The van der Waals surface area contributed by atoms with Crippen LogP contribution in [0.25, 0.3) is 0 Å². The Kier molecular flexibility index (Phi) is 6.01. The maximum absolute atomic E-state index is 4.48. The zero-order valence-electron chi connectivity index (χ0n) is 12.2. The van der Waals surface area contributed by atoms with Crippen LogP contribution in [-0.2, 0) is 0 Å². The van der Waals surface area contributed by atoms with Crippen LogP contribution in [0, 0.1) is 6.92 Å². The zero-order chi connectivity index (χ0) is 14.4. The van der Waals surface area contributed by atoms with Crippen molar-refractivity contribution in [1.82, 2.24) is 14.7 Å². The summed E-state index contributed by atoms with van der Waals surface area (Å²) in [6.07, 6.45) is 1.09. The van der Waals surface area contributed by atoms with Gasteiger partial charge in [-0.05, 0) is 37.0 Å². The first-order valence-corrected chi connectivity index (χ1v) is 8.65. The summed E-state index contributed by atoms with van der Waals surface area (Å²) in [4.78, 5) is 4.48. The van der Waals surface area contributed by atoms with Crippen LogP contribution >= 0.6 is 23.3 Å². The smallest absolute Gasteiger partial charge is 0.170 e. The van der Waals surface area contributed by atoms with Gasteiger partial charge in [0.2, 0.25) is 0 Å². The average molecular weight is 307 g/mol. The molecule has 0 aliphatic rings. The van der Waals surface area contributed by atoms with Gasteiger partial charge in [-0.3, -0.25) is 0 Å². The van der Waals surface area contributed by atoms with Gasteiger partial charge >= 0.3 is 0 Å². The molecule has 1 aromatic heterocycles. The largest absolute Gasteiger partial charge is 0.309 e. The molecular weight excluding hydrogens is 286 g/mol. The summed E-state index contributed by atoms with van der Waals surface area (Å²) >= 11 is 3.33. The van der Waals surface area contributed by atoms with Gasteiger partial charge in [0, 0.05) is 11.3 Å². The van der Waals surface area contributed by atoms with Gasteiger partial charge in [-0.25, -0.2) is 4.98 Å². The number of hydrogen-bond donors (Lipinski definition) is 1. The van der Waals surface area contributed by atoms with E-state index >= 15 is 0 Å². The van der Waals surface area contributed by atoms with Crippen molar-refractivity contribution >= 4 is 23.3 Å². The maximum atomic E-state index is 4.48. The van der Waals surface area contributed by atoms with E-state index in [1.54, 1.807) is 0 Å². The van der Waals surface area contributed by atoms with Crippen molar-refractivity contribution in [3.63, 3.8) is 0 Å². The van der Waals surface area contributed by atoms with Gasteiger partial charge in [-0.2, -0.15) is 4.37 Å². The molecule has 20 heavy (non-hydrogen) atoms. The van der Waals surface area contributed by atoms with Crippen LogP contribution in [0.1, 0.15) is 37.7 Å². The highest BCUT2D eigenvalue weighted by atomic mass is 32.2. The Morgan fingerprint density at radius 1 is 1.25 bits per heavy atom. The normalized spacial score (nSPS) is 14.2. The van der Waals surface area contributed by atoms with E-state index in [1.807, 2.05) is 18.7 Å². The van der Waals surface area contributed by atoms with Gasteiger partial charge in [-0.15, -0.1) is 0 Å². The standard InChI is InChI=1S/C15H21N3S2/c1-4-13(19-15-17-11(3)18-20-15)14(16-5-2)12-9-7-6-8-10-12/h6-10,13-14,16H,4-5H2,1-3H3. The van der Waals surface area contributed by atoms with Crippen LogP contribution in [-0.4, -0.2) is 21.2 Å². The molecule has 108 valence electrons. The van der Waals surface area contributed by atoms with Crippen LogP contribution in [0.15, 0.2) is 34.7 Å². The molecule has 2 atom stereocenters. The number of nitrogens with zero attached hydrogens (tertiary/aromatic N) is 2. The molecule has 0 amide bonds. The van der Waals surface area contributed by atoms with E-state index < -0.39 is 0 Å². The second-order valence-electron chi connectivity index (χ2n) is 4.62. The lowest BCUT2D eigenvalue weighted by Crippen LogP contribution is -2.29. The summed E-state index contributed by atoms with van der Waals surface area (Å²) in [6.45, 7) is 7.30. The first-order chi connectivity index (χ1) is 9.74. The maximum Gasteiger partial charge on any atom is 0.170 e. The molecule has 5 heteroatoms. The topological polar surface area (TPSA) is 37.8 Å². The Bertz CT molecular complexity index is 513. The van der Waals surface area contributed by atoms with Crippen LogP contribution in [0.5, 0.6) is 0 Å². The fraction of sp³-hybridized carbons (Fsp3) is 0.467. The predicted molar refractivity (Wildman–Crippen MR) is 87.4 cm³/mol. The molecule has 0 aliphatic heterocycles. The summed E-state index contributed by atoms with van der Waals surface area (Å²) in [5.74, 6) is 0.868. The van der Waals surface area contributed by atoms with Gasteiger partial charge in [0.15, 0.2) is 4.34 Å². The summed E-state index contributed by atoms with van der Waals surface area (Å²) < 4.78 is 5.33. The summed E-state index contributed by atoms with van der Waals surface area (Å²) in [6, 6.07) is 11.0. The van der Waals surface area contributed by atoms with Gasteiger partial charge in [0.25, 0.3) is 0 Å². The lowest BCUT2D eigenvalue weighted by molar-refractivity contribution is 0.521. The van der Waals surface area contributed by atoms with Gasteiger partial charge < -0.3 is 5.32 Å². The molecule has 0 spiro atoms. The Morgan fingerprint density at radius 2 is 2.00 bits per heavy atom. The molecule has 2 rings (SSSR count). The van der Waals surface area contributed by atoms with E-state index in [1.165, 1.54) is 17.1 Å². The second-order valence-corrected chi connectivity index (χ2v) is 6.86. The number of nitrogens with one attached hydrogen (secondary N) is 1. The summed E-state index contributed by atoms with van der Waals surface area (Å²) in [7, 11) is 0. The van der Waals surface area contributed by atoms with Crippen molar-refractivity contribution in [3.8, 4) is 0 Å². The number of aromatic nitrogens is 2. The highest BCUT2D eigenvalue weighted by Crippen LogP contribution is 2.35. The molecule has 1 N–H and O–H groups in total. The van der Waals surface area contributed by atoms with Crippen molar-refractivity contribution in [2.24, 2.45) is 0 Å². The van der Waals surface area contributed by atoms with E-state index in [4.69, 9.17) is 0 Å². The quantitative estimate of drug-likeness (QED) is 0.783. The monoisotopic (exact) mass is 307 g/mol. The minimum absolute atomic E-state index is 0.348. The van der Waals surface area contributed by atoms with E-state index in [0.29, 0.717) is 11.3 Å². The van der Waals surface area contributed by atoms with Gasteiger partial charge in [0.05, 0.1) is 0 Å². The number of aryl methyl sites for hydroxylation is 1. The molecule has 0 saturated carbocycles. The van der Waals surface area contributed by atoms with Crippen molar-refractivity contribution in [2.45, 2.75) is 42.8 Å². The lowest BCUT2D eigenvalue weighted by Gasteiger charge is -2.26. The van der Waals surface area contributed by atoms with Crippen molar-refractivity contribution in [1.29, 1.82) is 0 Å². The molecule has 0 radical (unpaired) electrons.